The average Bonchev–Trinajstić information content (AvgIpc) is 3.05. The molecule has 2 aromatic carbocycles. The van der Waals surface area contributed by atoms with Crippen LogP contribution in [0.3, 0.4) is 0 Å². The van der Waals surface area contributed by atoms with E-state index in [1.807, 2.05) is 24.3 Å². The summed E-state index contributed by atoms with van der Waals surface area (Å²) in [5.41, 5.74) is 1.44. The first-order chi connectivity index (χ1) is 13.4. The number of carbonyl (C=O) groups excluding carboxylic acids is 3. The number of carbonyl (C=O) groups is 3. The van der Waals surface area contributed by atoms with Crippen molar-refractivity contribution in [2.75, 3.05) is 11.9 Å². The Balaban J connectivity index is 1.54. The van der Waals surface area contributed by atoms with E-state index in [9.17, 15) is 14.4 Å². The van der Waals surface area contributed by atoms with E-state index in [4.69, 9.17) is 16.3 Å². The van der Waals surface area contributed by atoms with Crippen molar-refractivity contribution in [1.82, 2.24) is 4.90 Å². The van der Waals surface area contributed by atoms with Gasteiger partial charge in [0.05, 0.1) is 5.92 Å². The highest BCUT2D eigenvalue weighted by atomic mass is 35.5. The van der Waals surface area contributed by atoms with Crippen LogP contribution < -0.4 is 5.32 Å². The van der Waals surface area contributed by atoms with Crippen LogP contribution in [0.2, 0.25) is 5.02 Å². The minimum absolute atomic E-state index is 0.0658. The molecule has 6 nitrogen and oxygen atoms in total. The number of ether oxygens (including phenoxy) is 1. The van der Waals surface area contributed by atoms with Crippen molar-refractivity contribution in [3.63, 3.8) is 0 Å². The van der Waals surface area contributed by atoms with Crippen molar-refractivity contribution in [2.45, 2.75) is 26.0 Å². The molecule has 1 saturated heterocycles. The van der Waals surface area contributed by atoms with E-state index < -0.39 is 23.9 Å². The van der Waals surface area contributed by atoms with Crippen LogP contribution in [0.15, 0.2) is 54.6 Å². The summed E-state index contributed by atoms with van der Waals surface area (Å²) in [6.45, 7) is 2.09. The summed E-state index contributed by atoms with van der Waals surface area (Å²) in [6, 6.07) is 16.2. The third-order valence-electron chi connectivity index (χ3n) is 4.57. The van der Waals surface area contributed by atoms with Gasteiger partial charge in [-0.1, -0.05) is 48.0 Å². The lowest BCUT2D eigenvalue weighted by Crippen LogP contribution is -2.33. The Hall–Kier alpha value is -2.86. The van der Waals surface area contributed by atoms with E-state index >= 15 is 0 Å². The Morgan fingerprint density at radius 3 is 2.57 bits per heavy atom. The molecule has 2 atom stereocenters. The van der Waals surface area contributed by atoms with Gasteiger partial charge in [-0.25, -0.2) is 0 Å². The zero-order chi connectivity index (χ0) is 20.1. The van der Waals surface area contributed by atoms with Gasteiger partial charge < -0.3 is 15.0 Å². The summed E-state index contributed by atoms with van der Waals surface area (Å²) in [4.78, 5) is 38.5. The first-order valence-corrected chi connectivity index (χ1v) is 9.39. The first-order valence-electron chi connectivity index (χ1n) is 9.01. The second-order valence-corrected chi connectivity index (χ2v) is 7.11. The summed E-state index contributed by atoms with van der Waals surface area (Å²) in [5, 5.41) is 3.26. The maximum absolute atomic E-state index is 12.4. The number of benzene rings is 2. The summed E-state index contributed by atoms with van der Waals surface area (Å²) >= 11 is 6.15. The minimum atomic E-state index is -0.958. The number of hydrogen-bond acceptors (Lipinski definition) is 4. The van der Waals surface area contributed by atoms with Crippen LogP contribution in [0.5, 0.6) is 0 Å². The van der Waals surface area contributed by atoms with E-state index in [0.29, 0.717) is 17.3 Å². The Morgan fingerprint density at radius 1 is 1.18 bits per heavy atom. The van der Waals surface area contributed by atoms with Gasteiger partial charge in [0, 0.05) is 30.2 Å². The van der Waals surface area contributed by atoms with Gasteiger partial charge in [-0.3, -0.25) is 14.4 Å². The number of hydrogen-bond donors (Lipinski definition) is 1. The lowest BCUT2D eigenvalue weighted by atomic mass is 10.1. The van der Waals surface area contributed by atoms with Crippen LogP contribution in [-0.4, -0.2) is 35.3 Å². The lowest BCUT2D eigenvalue weighted by Gasteiger charge is -2.18. The summed E-state index contributed by atoms with van der Waals surface area (Å²) in [6.07, 6.45) is -0.892. The van der Waals surface area contributed by atoms with Gasteiger partial charge in [-0.05, 0) is 30.7 Å². The molecule has 2 amide bonds. The maximum Gasteiger partial charge on any atom is 0.312 e. The number of esters is 1. The molecule has 1 fully saturated rings. The zero-order valence-corrected chi connectivity index (χ0v) is 16.2. The molecule has 0 spiro atoms. The molecule has 0 saturated carbocycles. The number of anilines is 1. The van der Waals surface area contributed by atoms with Crippen molar-refractivity contribution in [1.29, 1.82) is 0 Å². The summed E-state index contributed by atoms with van der Waals surface area (Å²) in [7, 11) is 0. The van der Waals surface area contributed by atoms with E-state index in [2.05, 4.69) is 5.32 Å². The van der Waals surface area contributed by atoms with Crippen LogP contribution in [0.1, 0.15) is 18.9 Å². The molecule has 1 aliphatic rings. The molecule has 7 heteroatoms. The van der Waals surface area contributed by atoms with Crippen molar-refractivity contribution >= 4 is 35.1 Å². The topological polar surface area (TPSA) is 75.7 Å². The van der Waals surface area contributed by atoms with Gasteiger partial charge in [0.2, 0.25) is 5.91 Å². The molecule has 1 heterocycles. The number of para-hydroxylation sites is 1. The minimum Gasteiger partial charge on any atom is -0.452 e. The summed E-state index contributed by atoms with van der Waals surface area (Å²) in [5.74, 6) is -1.70. The largest absolute Gasteiger partial charge is 0.452 e. The predicted molar refractivity (Wildman–Crippen MR) is 106 cm³/mol. The fourth-order valence-corrected chi connectivity index (χ4v) is 3.20. The van der Waals surface area contributed by atoms with Crippen LogP contribution >= 0.6 is 11.6 Å². The third-order valence-corrected chi connectivity index (χ3v) is 4.94. The molecule has 0 bridgehead atoms. The van der Waals surface area contributed by atoms with E-state index in [1.165, 1.54) is 6.92 Å². The standard InChI is InChI=1S/C21H21ClN2O4/c1-14(20(26)23-17-8-3-2-4-9-17)28-21(27)16-11-19(25)24(13-16)12-15-7-5-6-10-18(15)22/h2-10,14,16H,11-13H2,1H3,(H,23,26)/t14-,16+/m0/s1. The first kappa shape index (κ1) is 19.9. The second-order valence-electron chi connectivity index (χ2n) is 6.70. The molecule has 3 rings (SSSR count). The second kappa shape index (κ2) is 8.89. The fraction of sp³-hybridized carbons (Fsp3) is 0.286. The van der Waals surface area contributed by atoms with Crippen molar-refractivity contribution in [3.8, 4) is 0 Å². The predicted octanol–water partition coefficient (Wildman–Crippen LogP) is 3.26. The van der Waals surface area contributed by atoms with E-state index in [-0.39, 0.29) is 18.9 Å². The van der Waals surface area contributed by atoms with Crippen LogP contribution in [0, 0.1) is 5.92 Å². The third kappa shape index (κ3) is 4.89. The quantitative estimate of drug-likeness (QED) is 0.755. The smallest absolute Gasteiger partial charge is 0.312 e. The normalized spacial score (nSPS) is 17.3. The highest BCUT2D eigenvalue weighted by molar-refractivity contribution is 6.31. The highest BCUT2D eigenvalue weighted by Gasteiger charge is 2.36. The van der Waals surface area contributed by atoms with Gasteiger partial charge in [-0.15, -0.1) is 0 Å². The molecule has 28 heavy (non-hydrogen) atoms. The molecule has 2 aromatic rings. The van der Waals surface area contributed by atoms with E-state index in [0.717, 1.165) is 5.56 Å². The monoisotopic (exact) mass is 400 g/mol. The Morgan fingerprint density at radius 2 is 1.86 bits per heavy atom. The molecule has 1 aliphatic heterocycles. The van der Waals surface area contributed by atoms with Crippen LogP contribution in [0.4, 0.5) is 5.69 Å². The molecule has 0 aromatic heterocycles. The van der Waals surface area contributed by atoms with Crippen LogP contribution in [0.25, 0.3) is 0 Å². The van der Waals surface area contributed by atoms with Crippen molar-refractivity contribution < 1.29 is 19.1 Å². The number of amides is 2. The van der Waals surface area contributed by atoms with Crippen molar-refractivity contribution in [3.05, 3.63) is 65.2 Å². The molecule has 0 radical (unpaired) electrons. The van der Waals surface area contributed by atoms with Gasteiger partial charge in [0.15, 0.2) is 6.10 Å². The molecule has 0 aliphatic carbocycles. The van der Waals surface area contributed by atoms with Gasteiger partial charge in [0.1, 0.15) is 0 Å². The number of nitrogens with one attached hydrogen (secondary N) is 1. The van der Waals surface area contributed by atoms with Gasteiger partial charge >= 0.3 is 5.97 Å². The molecular weight excluding hydrogens is 380 g/mol. The molecule has 1 N–H and O–H groups in total. The average molecular weight is 401 g/mol. The number of nitrogens with zero attached hydrogens (tertiary/aromatic N) is 1. The zero-order valence-electron chi connectivity index (χ0n) is 15.4. The lowest BCUT2D eigenvalue weighted by molar-refractivity contribution is -0.157. The SMILES string of the molecule is C[C@H](OC(=O)[C@@H]1CC(=O)N(Cc2ccccc2Cl)C1)C(=O)Nc1ccccc1. The fourth-order valence-electron chi connectivity index (χ4n) is 3.00. The number of rotatable bonds is 6. The van der Waals surface area contributed by atoms with Gasteiger partial charge in [-0.2, -0.15) is 0 Å². The molecular formula is C21H21ClN2O4. The highest BCUT2D eigenvalue weighted by Crippen LogP contribution is 2.24. The molecule has 0 unspecified atom stereocenters. The Bertz CT molecular complexity index is 872. The summed E-state index contributed by atoms with van der Waals surface area (Å²) < 4.78 is 5.28. The number of halogens is 1. The Kier molecular flexibility index (Phi) is 6.31. The molecule has 146 valence electrons. The number of likely N-dealkylation sites (tertiary alicyclic amines) is 1. The van der Waals surface area contributed by atoms with Crippen LogP contribution in [-0.2, 0) is 25.7 Å². The van der Waals surface area contributed by atoms with E-state index in [1.54, 1.807) is 35.2 Å². The Labute approximate surface area is 168 Å². The maximum atomic E-state index is 12.4. The van der Waals surface area contributed by atoms with Crippen molar-refractivity contribution in [2.24, 2.45) is 5.92 Å². The van der Waals surface area contributed by atoms with Gasteiger partial charge in [0.25, 0.3) is 5.91 Å².